The molecule has 0 saturated heterocycles. The summed E-state index contributed by atoms with van der Waals surface area (Å²) in [6.07, 6.45) is 3.97. The number of carboxylic acid groups (broad SMARTS) is 1. The van der Waals surface area contributed by atoms with Crippen LogP contribution in [0.25, 0.3) is 4.96 Å². The van der Waals surface area contributed by atoms with E-state index in [-0.39, 0.29) is 5.56 Å². The molecule has 6 heteroatoms. The van der Waals surface area contributed by atoms with Crippen molar-refractivity contribution in [3.8, 4) is 0 Å². The molecule has 5 nitrogen and oxygen atoms in total. The predicted molar refractivity (Wildman–Crippen MR) is 58.3 cm³/mol. The molecule has 0 bridgehead atoms. The van der Waals surface area contributed by atoms with Crippen molar-refractivity contribution in [1.29, 1.82) is 0 Å². The van der Waals surface area contributed by atoms with Gasteiger partial charge < -0.3 is 5.11 Å². The van der Waals surface area contributed by atoms with Crippen LogP contribution in [0.5, 0.6) is 0 Å². The van der Waals surface area contributed by atoms with Crippen molar-refractivity contribution in [2.45, 2.75) is 19.3 Å². The monoisotopic (exact) mass is 236 g/mol. The summed E-state index contributed by atoms with van der Waals surface area (Å²) < 4.78 is 1.45. The second-order valence-corrected chi connectivity index (χ2v) is 4.79. The molecule has 0 atom stereocenters. The van der Waals surface area contributed by atoms with Crippen LogP contribution in [0.1, 0.15) is 27.3 Å². The molecule has 0 spiro atoms. The summed E-state index contributed by atoms with van der Waals surface area (Å²) in [6.45, 7) is 0. The zero-order valence-corrected chi connectivity index (χ0v) is 9.08. The highest BCUT2D eigenvalue weighted by Crippen LogP contribution is 2.28. The van der Waals surface area contributed by atoms with Crippen molar-refractivity contribution < 1.29 is 9.90 Å². The smallest absolute Gasteiger partial charge is 0.342 e. The summed E-state index contributed by atoms with van der Waals surface area (Å²) in [5.41, 5.74) is 0.225. The Morgan fingerprint density at radius 2 is 2.31 bits per heavy atom. The van der Waals surface area contributed by atoms with Gasteiger partial charge in [-0.15, -0.1) is 11.3 Å². The SMILES string of the molecule is O=C(O)c1cnc2sc3c(n2c1=O)CCC3. The van der Waals surface area contributed by atoms with Crippen molar-refractivity contribution in [3.63, 3.8) is 0 Å². The molecule has 3 rings (SSSR count). The van der Waals surface area contributed by atoms with E-state index in [0.29, 0.717) is 4.96 Å². The van der Waals surface area contributed by atoms with Crippen LogP contribution in [0.2, 0.25) is 0 Å². The Balaban J connectivity index is 2.43. The first-order chi connectivity index (χ1) is 7.68. The Morgan fingerprint density at radius 3 is 3.06 bits per heavy atom. The fourth-order valence-electron chi connectivity index (χ4n) is 2.05. The van der Waals surface area contributed by atoms with E-state index in [4.69, 9.17) is 5.11 Å². The molecule has 2 aromatic heterocycles. The van der Waals surface area contributed by atoms with E-state index in [1.165, 1.54) is 15.7 Å². The minimum Gasteiger partial charge on any atom is -0.477 e. The Morgan fingerprint density at radius 1 is 1.50 bits per heavy atom. The molecule has 2 heterocycles. The molecule has 16 heavy (non-hydrogen) atoms. The maximum Gasteiger partial charge on any atom is 0.342 e. The Hall–Kier alpha value is -1.69. The van der Waals surface area contributed by atoms with Gasteiger partial charge in [0.25, 0.3) is 5.56 Å². The van der Waals surface area contributed by atoms with E-state index in [9.17, 15) is 9.59 Å². The number of aryl methyl sites for hydroxylation is 2. The van der Waals surface area contributed by atoms with Gasteiger partial charge in [-0.1, -0.05) is 0 Å². The molecule has 0 radical (unpaired) electrons. The van der Waals surface area contributed by atoms with Crippen LogP contribution in [-0.2, 0) is 12.8 Å². The number of carboxylic acids is 1. The topological polar surface area (TPSA) is 71.7 Å². The van der Waals surface area contributed by atoms with Crippen LogP contribution in [-0.4, -0.2) is 20.5 Å². The lowest BCUT2D eigenvalue weighted by Gasteiger charge is -1.98. The summed E-state index contributed by atoms with van der Waals surface area (Å²) in [6, 6.07) is 0. The number of aromatic nitrogens is 2. The highest BCUT2D eigenvalue weighted by molar-refractivity contribution is 7.17. The lowest BCUT2D eigenvalue weighted by atomic mass is 10.3. The molecular weight excluding hydrogens is 228 g/mol. The maximum absolute atomic E-state index is 11.9. The van der Waals surface area contributed by atoms with Crippen LogP contribution in [0.15, 0.2) is 11.0 Å². The fraction of sp³-hybridized carbons (Fsp3) is 0.300. The largest absolute Gasteiger partial charge is 0.477 e. The molecular formula is C10H8N2O3S. The number of rotatable bonds is 1. The Bertz CT molecular complexity index is 656. The zero-order chi connectivity index (χ0) is 11.3. The number of aromatic carboxylic acids is 1. The Labute approximate surface area is 94.0 Å². The third-order valence-electron chi connectivity index (χ3n) is 2.78. The van der Waals surface area contributed by atoms with Gasteiger partial charge in [-0.3, -0.25) is 9.20 Å². The Kier molecular flexibility index (Phi) is 1.88. The zero-order valence-electron chi connectivity index (χ0n) is 8.27. The summed E-state index contributed by atoms with van der Waals surface area (Å²) in [4.78, 5) is 28.6. The first kappa shape index (κ1) is 9.53. The molecule has 0 saturated carbocycles. The third-order valence-corrected chi connectivity index (χ3v) is 3.94. The number of nitrogens with zero attached hydrogens (tertiary/aromatic N) is 2. The first-order valence-corrected chi connectivity index (χ1v) is 5.76. The summed E-state index contributed by atoms with van der Waals surface area (Å²) in [5.74, 6) is -1.22. The molecule has 1 aliphatic rings. The molecule has 0 aromatic carbocycles. The lowest BCUT2D eigenvalue weighted by Crippen LogP contribution is -2.23. The molecule has 1 N–H and O–H groups in total. The summed E-state index contributed by atoms with van der Waals surface area (Å²) in [7, 11) is 0. The molecule has 0 unspecified atom stereocenters. The predicted octanol–water partition coefficient (Wildman–Crippen LogP) is 0.943. The van der Waals surface area contributed by atoms with Gasteiger partial charge in [0.2, 0.25) is 0 Å². The van der Waals surface area contributed by atoms with E-state index in [1.807, 2.05) is 0 Å². The molecule has 0 fully saturated rings. The maximum atomic E-state index is 11.9. The average molecular weight is 236 g/mol. The van der Waals surface area contributed by atoms with E-state index in [1.54, 1.807) is 0 Å². The quantitative estimate of drug-likeness (QED) is 0.800. The first-order valence-electron chi connectivity index (χ1n) is 4.94. The van der Waals surface area contributed by atoms with Crippen LogP contribution in [0, 0.1) is 0 Å². The van der Waals surface area contributed by atoms with Gasteiger partial charge in [0.1, 0.15) is 5.56 Å². The van der Waals surface area contributed by atoms with Crippen molar-refractivity contribution >= 4 is 22.3 Å². The second-order valence-electron chi connectivity index (χ2n) is 3.73. The van der Waals surface area contributed by atoms with Gasteiger partial charge in [0.05, 0.1) is 6.20 Å². The standard InChI is InChI=1S/C10H8N2O3S/c13-8-5(9(14)15)4-11-10-12(8)6-2-1-3-7(6)16-10/h4H,1-3H2,(H,14,15). The highest BCUT2D eigenvalue weighted by atomic mass is 32.1. The van der Waals surface area contributed by atoms with Crippen molar-refractivity contribution in [3.05, 3.63) is 32.7 Å². The number of hydrogen-bond acceptors (Lipinski definition) is 4. The highest BCUT2D eigenvalue weighted by Gasteiger charge is 2.21. The van der Waals surface area contributed by atoms with Gasteiger partial charge in [0.15, 0.2) is 4.96 Å². The third kappa shape index (κ3) is 1.13. The van der Waals surface area contributed by atoms with Gasteiger partial charge in [-0.05, 0) is 19.3 Å². The van der Waals surface area contributed by atoms with Gasteiger partial charge in [-0.25, -0.2) is 9.78 Å². The van der Waals surface area contributed by atoms with E-state index in [2.05, 4.69) is 4.98 Å². The van der Waals surface area contributed by atoms with E-state index >= 15 is 0 Å². The van der Waals surface area contributed by atoms with Crippen LogP contribution in [0.3, 0.4) is 0 Å². The van der Waals surface area contributed by atoms with Crippen LogP contribution in [0.4, 0.5) is 0 Å². The average Bonchev–Trinajstić information content (AvgIpc) is 2.75. The van der Waals surface area contributed by atoms with E-state index in [0.717, 1.165) is 36.0 Å². The van der Waals surface area contributed by atoms with Gasteiger partial charge >= 0.3 is 5.97 Å². The van der Waals surface area contributed by atoms with Crippen molar-refractivity contribution in [2.24, 2.45) is 0 Å². The summed E-state index contributed by atoms with van der Waals surface area (Å²) in [5, 5.41) is 8.86. The second kappa shape index (κ2) is 3.15. The van der Waals surface area contributed by atoms with Gasteiger partial charge in [-0.2, -0.15) is 0 Å². The lowest BCUT2D eigenvalue weighted by molar-refractivity contribution is 0.0694. The van der Waals surface area contributed by atoms with Crippen molar-refractivity contribution in [2.75, 3.05) is 0 Å². The molecule has 2 aromatic rings. The summed E-state index contributed by atoms with van der Waals surface area (Å²) >= 11 is 1.48. The van der Waals surface area contributed by atoms with Gasteiger partial charge in [0, 0.05) is 10.6 Å². The number of carbonyl (C=O) groups is 1. The molecule has 0 amide bonds. The minimum atomic E-state index is -1.22. The van der Waals surface area contributed by atoms with Crippen LogP contribution < -0.4 is 5.56 Å². The molecule has 1 aliphatic carbocycles. The molecule has 0 aliphatic heterocycles. The van der Waals surface area contributed by atoms with Crippen molar-refractivity contribution in [1.82, 2.24) is 9.38 Å². The minimum absolute atomic E-state index is 0.259. The number of hydrogen-bond donors (Lipinski definition) is 1. The number of thiazole rings is 1. The van der Waals surface area contributed by atoms with Crippen LogP contribution >= 0.6 is 11.3 Å². The number of fused-ring (bicyclic) bond motifs is 3. The van der Waals surface area contributed by atoms with E-state index < -0.39 is 11.5 Å². The normalized spacial score (nSPS) is 14.2. The molecule has 82 valence electrons. The fourth-order valence-corrected chi connectivity index (χ4v) is 3.22.